The molecular formula is C14H21ClN2O4S. The molecule has 22 heavy (non-hydrogen) atoms. The maximum absolute atomic E-state index is 12.6. The van der Waals surface area contributed by atoms with Gasteiger partial charge in [-0.25, -0.2) is 13.2 Å². The van der Waals surface area contributed by atoms with Gasteiger partial charge in [0, 0.05) is 19.1 Å². The normalized spacial score (nSPS) is 20.2. The minimum Gasteiger partial charge on any atom is -0.465 e. The zero-order chi connectivity index (χ0) is 15.6. The van der Waals surface area contributed by atoms with Gasteiger partial charge in [0.05, 0.1) is 17.6 Å². The van der Waals surface area contributed by atoms with Gasteiger partial charge in [-0.3, -0.25) is 0 Å². The van der Waals surface area contributed by atoms with Crippen molar-refractivity contribution in [3.63, 3.8) is 0 Å². The number of carbonyl (C=O) groups excluding carboxylic acids is 1. The molecule has 0 bridgehead atoms. The standard InChI is InChI=1S/C14H20N2O4S.ClH/c1-10(15)12-6-7-16(9-12)21(18,19)13-5-3-4-11(8-13)14(17)20-2;/h3-5,8,10,12H,6-7,9,15H2,1-2H3;1H. The number of nitrogens with zero attached hydrogens (tertiary/aromatic N) is 1. The van der Waals surface area contributed by atoms with Crippen molar-refractivity contribution in [1.82, 2.24) is 4.31 Å². The fraction of sp³-hybridized carbons (Fsp3) is 0.500. The second-order valence-corrected chi connectivity index (χ2v) is 7.23. The third kappa shape index (κ3) is 3.78. The van der Waals surface area contributed by atoms with Gasteiger partial charge < -0.3 is 10.5 Å². The molecule has 6 nitrogen and oxygen atoms in total. The minimum absolute atomic E-state index is 0. The molecule has 8 heteroatoms. The first-order chi connectivity index (χ1) is 9.86. The van der Waals surface area contributed by atoms with Crippen LogP contribution in [0.1, 0.15) is 23.7 Å². The molecule has 1 aromatic carbocycles. The van der Waals surface area contributed by atoms with E-state index in [9.17, 15) is 13.2 Å². The third-order valence-electron chi connectivity index (χ3n) is 3.82. The van der Waals surface area contributed by atoms with E-state index in [0.717, 1.165) is 6.42 Å². The Morgan fingerprint density at radius 3 is 2.68 bits per heavy atom. The maximum atomic E-state index is 12.6. The number of nitrogens with two attached hydrogens (primary N) is 1. The molecule has 2 unspecified atom stereocenters. The number of hydrogen-bond acceptors (Lipinski definition) is 5. The highest BCUT2D eigenvalue weighted by atomic mass is 35.5. The van der Waals surface area contributed by atoms with Gasteiger partial charge in [-0.1, -0.05) is 6.07 Å². The number of hydrogen-bond donors (Lipinski definition) is 1. The van der Waals surface area contributed by atoms with Gasteiger partial charge in [-0.15, -0.1) is 12.4 Å². The van der Waals surface area contributed by atoms with E-state index in [1.165, 1.54) is 35.7 Å². The van der Waals surface area contributed by atoms with Crippen LogP contribution in [0.4, 0.5) is 0 Å². The zero-order valence-corrected chi connectivity index (χ0v) is 14.2. The first-order valence-corrected chi connectivity index (χ1v) is 8.24. The van der Waals surface area contributed by atoms with Gasteiger partial charge in [0.15, 0.2) is 0 Å². The largest absolute Gasteiger partial charge is 0.465 e. The Hall–Kier alpha value is -1.15. The SMILES string of the molecule is COC(=O)c1cccc(S(=O)(=O)N2CCC(C(C)N)C2)c1.Cl. The molecule has 0 aromatic heterocycles. The van der Waals surface area contributed by atoms with Crippen LogP contribution in [0.15, 0.2) is 29.2 Å². The number of esters is 1. The molecule has 0 amide bonds. The summed E-state index contributed by atoms with van der Waals surface area (Å²) in [5.41, 5.74) is 6.06. The van der Waals surface area contributed by atoms with Crippen LogP contribution in [0.2, 0.25) is 0 Å². The second kappa shape index (κ2) is 7.41. The van der Waals surface area contributed by atoms with Crippen molar-refractivity contribution in [2.45, 2.75) is 24.3 Å². The van der Waals surface area contributed by atoms with Crippen LogP contribution in [0.3, 0.4) is 0 Å². The van der Waals surface area contributed by atoms with Gasteiger partial charge in [-0.05, 0) is 37.5 Å². The number of halogens is 1. The summed E-state index contributed by atoms with van der Waals surface area (Å²) in [5.74, 6) is -0.384. The summed E-state index contributed by atoms with van der Waals surface area (Å²) in [4.78, 5) is 11.6. The molecule has 0 spiro atoms. The Balaban J connectivity index is 0.00000242. The highest BCUT2D eigenvalue weighted by molar-refractivity contribution is 7.89. The van der Waals surface area contributed by atoms with E-state index in [1.54, 1.807) is 0 Å². The molecule has 2 atom stereocenters. The predicted molar refractivity (Wildman–Crippen MR) is 85.5 cm³/mol. The third-order valence-corrected chi connectivity index (χ3v) is 5.69. The van der Waals surface area contributed by atoms with Crippen LogP contribution in [-0.2, 0) is 14.8 Å². The lowest BCUT2D eigenvalue weighted by Gasteiger charge is -2.18. The van der Waals surface area contributed by atoms with E-state index in [-0.39, 0.29) is 34.8 Å². The minimum atomic E-state index is -3.60. The van der Waals surface area contributed by atoms with Gasteiger partial charge in [0.25, 0.3) is 0 Å². The monoisotopic (exact) mass is 348 g/mol. The van der Waals surface area contributed by atoms with Crippen LogP contribution in [-0.4, -0.2) is 44.9 Å². The molecule has 1 aromatic rings. The van der Waals surface area contributed by atoms with E-state index in [4.69, 9.17) is 5.73 Å². The lowest BCUT2D eigenvalue weighted by atomic mass is 10.0. The molecule has 1 aliphatic heterocycles. The van der Waals surface area contributed by atoms with Crippen molar-refractivity contribution >= 4 is 28.4 Å². The molecular weight excluding hydrogens is 328 g/mol. The number of methoxy groups -OCH3 is 1. The molecule has 0 saturated carbocycles. The van der Waals surface area contributed by atoms with Crippen LogP contribution in [0.25, 0.3) is 0 Å². The molecule has 1 heterocycles. The number of carbonyl (C=O) groups is 1. The summed E-state index contributed by atoms with van der Waals surface area (Å²) >= 11 is 0. The smallest absolute Gasteiger partial charge is 0.337 e. The van der Waals surface area contributed by atoms with Crippen molar-refractivity contribution in [1.29, 1.82) is 0 Å². The molecule has 0 aliphatic carbocycles. The number of sulfonamides is 1. The molecule has 124 valence electrons. The van der Waals surface area contributed by atoms with Crippen LogP contribution in [0.5, 0.6) is 0 Å². The van der Waals surface area contributed by atoms with Crippen LogP contribution < -0.4 is 5.73 Å². The lowest BCUT2D eigenvalue weighted by molar-refractivity contribution is 0.0600. The first-order valence-electron chi connectivity index (χ1n) is 6.80. The Labute approximate surface area is 137 Å². The summed E-state index contributed by atoms with van der Waals surface area (Å²) < 4.78 is 31.2. The van der Waals surface area contributed by atoms with E-state index >= 15 is 0 Å². The van der Waals surface area contributed by atoms with Crippen LogP contribution in [0, 0.1) is 5.92 Å². The quantitative estimate of drug-likeness (QED) is 0.827. The van der Waals surface area contributed by atoms with Crippen LogP contribution >= 0.6 is 12.4 Å². The summed E-state index contributed by atoms with van der Waals surface area (Å²) in [6, 6.07) is 5.87. The van der Waals surface area contributed by atoms with Crippen molar-refractivity contribution in [2.75, 3.05) is 20.2 Å². The van der Waals surface area contributed by atoms with Gasteiger partial charge in [-0.2, -0.15) is 4.31 Å². The van der Waals surface area contributed by atoms with E-state index in [0.29, 0.717) is 13.1 Å². The van der Waals surface area contributed by atoms with E-state index < -0.39 is 16.0 Å². The maximum Gasteiger partial charge on any atom is 0.337 e. The predicted octanol–water partition coefficient (Wildman–Crippen LogP) is 1.25. The zero-order valence-electron chi connectivity index (χ0n) is 12.6. The van der Waals surface area contributed by atoms with Crippen molar-refractivity contribution < 1.29 is 17.9 Å². The first kappa shape index (κ1) is 18.9. The second-order valence-electron chi connectivity index (χ2n) is 5.29. The average molecular weight is 349 g/mol. The fourth-order valence-corrected chi connectivity index (χ4v) is 4.01. The molecule has 0 radical (unpaired) electrons. The summed E-state index contributed by atoms with van der Waals surface area (Å²) in [5, 5.41) is 0. The van der Waals surface area contributed by atoms with Gasteiger partial charge >= 0.3 is 5.97 Å². The molecule has 1 fully saturated rings. The highest BCUT2D eigenvalue weighted by Gasteiger charge is 2.34. The topological polar surface area (TPSA) is 89.7 Å². The van der Waals surface area contributed by atoms with Crippen molar-refractivity contribution in [3.8, 4) is 0 Å². The molecule has 2 rings (SSSR count). The van der Waals surface area contributed by atoms with E-state index in [1.807, 2.05) is 6.92 Å². The number of benzene rings is 1. The fourth-order valence-electron chi connectivity index (χ4n) is 2.45. The highest BCUT2D eigenvalue weighted by Crippen LogP contribution is 2.26. The molecule has 1 saturated heterocycles. The van der Waals surface area contributed by atoms with Gasteiger partial charge in [0.1, 0.15) is 0 Å². The average Bonchev–Trinajstić information content (AvgIpc) is 2.97. The Bertz CT molecular complexity index is 633. The Kier molecular flexibility index (Phi) is 6.37. The van der Waals surface area contributed by atoms with Crippen molar-refractivity contribution in [3.05, 3.63) is 29.8 Å². The van der Waals surface area contributed by atoms with Crippen molar-refractivity contribution in [2.24, 2.45) is 11.7 Å². The summed E-state index contributed by atoms with van der Waals surface area (Å²) in [7, 11) is -2.34. The van der Waals surface area contributed by atoms with Gasteiger partial charge in [0.2, 0.25) is 10.0 Å². The lowest BCUT2D eigenvalue weighted by Crippen LogP contribution is -2.33. The Morgan fingerprint density at radius 1 is 1.45 bits per heavy atom. The molecule has 1 aliphatic rings. The number of rotatable bonds is 4. The summed E-state index contributed by atoms with van der Waals surface area (Å²) in [6.07, 6.45) is 0.758. The molecule has 2 N–H and O–H groups in total. The van der Waals surface area contributed by atoms with E-state index in [2.05, 4.69) is 4.74 Å². The summed E-state index contributed by atoms with van der Waals surface area (Å²) in [6.45, 7) is 2.76. The Morgan fingerprint density at radius 2 is 2.14 bits per heavy atom. The number of ether oxygens (including phenoxy) is 1.